The molecule has 4 rings (SSSR count). The number of hydrogen-bond donors (Lipinski definition) is 1. The molecule has 2 aromatic carbocycles. The molecule has 1 saturated heterocycles. The quantitative estimate of drug-likeness (QED) is 0.0984. The summed E-state index contributed by atoms with van der Waals surface area (Å²) in [6.45, 7) is 0.600. The number of benzene rings is 2. The minimum atomic E-state index is -1.33. The standard InChI is InChI=1S/C27H22ClN3O10S/c1-15(33)39-13-19-20(11-28)42-26-21(29-24(34)23(41-14-32)17-5-3-2-4-6-17)25(35)30(26)22(19)27(36)40-12-16-7-9-18(10-8-16)31(37)38/h2-11,14,21,23,26H,12-13H2,1H3,(H,29,34)/b20-11-. The number of ether oxygens (including phenoxy) is 3. The molecule has 15 heteroatoms. The highest BCUT2D eigenvalue weighted by Crippen LogP contribution is 2.47. The van der Waals surface area contributed by atoms with Gasteiger partial charge in [-0.25, -0.2) is 4.79 Å². The highest BCUT2D eigenvalue weighted by Gasteiger charge is 2.56. The molecule has 1 N–H and O–H groups in total. The van der Waals surface area contributed by atoms with E-state index in [1.807, 2.05) is 0 Å². The number of hydrogen-bond acceptors (Lipinski definition) is 11. The van der Waals surface area contributed by atoms with Crippen LogP contribution in [0.5, 0.6) is 0 Å². The number of thioether (sulfide) groups is 1. The van der Waals surface area contributed by atoms with Gasteiger partial charge < -0.3 is 19.5 Å². The summed E-state index contributed by atoms with van der Waals surface area (Å²) in [5, 5.41) is 12.6. The number of fused-ring (bicyclic) bond motifs is 1. The number of nitrogens with one attached hydrogen (secondary N) is 1. The van der Waals surface area contributed by atoms with E-state index in [1.165, 1.54) is 31.2 Å². The molecule has 218 valence electrons. The van der Waals surface area contributed by atoms with Crippen LogP contribution >= 0.6 is 23.4 Å². The Labute approximate surface area is 247 Å². The highest BCUT2D eigenvalue weighted by molar-refractivity contribution is 8.04. The van der Waals surface area contributed by atoms with Gasteiger partial charge in [0.25, 0.3) is 24.0 Å². The van der Waals surface area contributed by atoms with Crippen LogP contribution in [0.3, 0.4) is 0 Å². The Morgan fingerprint density at radius 2 is 1.81 bits per heavy atom. The van der Waals surface area contributed by atoms with Crippen LogP contribution in [0, 0.1) is 10.1 Å². The molecule has 2 aliphatic rings. The van der Waals surface area contributed by atoms with E-state index in [1.54, 1.807) is 30.3 Å². The zero-order chi connectivity index (χ0) is 30.4. The number of amides is 2. The summed E-state index contributed by atoms with van der Waals surface area (Å²) >= 11 is 7.10. The molecule has 2 aromatic rings. The van der Waals surface area contributed by atoms with Crippen LogP contribution in [-0.4, -0.2) is 58.1 Å². The summed E-state index contributed by atoms with van der Waals surface area (Å²) in [5.41, 5.74) is 1.69. The largest absolute Gasteiger partial charge is 0.461 e. The minimum Gasteiger partial charge on any atom is -0.461 e. The lowest BCUT2D eigenvalue weighted by molar-refractivity contribution is -0.384. The van der Waals surface area contributed by atoms with E-state index in [-0.39, 0.29) is 34.9 Å². The van der Waals surface area contributed by atoms with Crippen LogP contribution < -0.4 is 5.32 Å². The Hall–Kier alpha value is -4.69. The van der Waals surface area contributed by atoms with Crippen molar-refractivity contribution in [1.82, 2.24) is 10.2 Å². The molecule has 0 radical (unpaired) electrons. The Bertz CT molecular complexity index is 1480. The molecular weight excluding hydrogens is 594 g/mol. The zero-order valence-corrected chi connectivity index (χ0v) is 23.3. The first-order chi connectivity index (χ1) is 20.2. The molecule has 2 amide bonds. The third kappa shape index (κ3) is 6.44. The molecule has 0 bridgehead atoms. The van der Waals surface area contributed by atoms with Crippen molar-refractivity contribution in [3.05, 3.63) is 97.5 Å². The average Bonchev–Trinajstić information content (AvgIpc) is 2.99. The lowest BCUT2D eigenvalue weighted by atomic mass is 10.0. The second-order valence-corrected chi connectivity index (χ2v) is 10.2. The first-order valence-electron chi connectivity index (χ1n) is 12.2. The van der Waals surface area contributed by atoms with Crippen LogP contribution in [0.2, 0.25) is 0 Å². The van der Waals surface area contributed by atoms with Gasteiger partial charge in [0.2, 0.25) is 6.10 Å². The van der Waals surface area contributed by atoms with E-state index in [4.69, 9.17) is 25.8 Å². The van der Waals surface area contributed by atoms with Gasteiger partial charge in [0.15, 0.2) is 0 Å². The molecule has 3 atom stereocenters. The monoisotopic (exact) mass is 615 g/mol. The topological polar surface area (TPSA) is 171 Å². The average molecular weight is 616 g/mol. The number of rotatable bonds is 11. The van der Waals surface area contributed by atoms with E-state index in [2.05, 4.69) is 5.32 Å². The number of carbonyl (C=O) groups excluding carboxylic acids is 5. The van der Waals surface area contributed by atoms with Gasteiger partial charge in [0.1, 0.15) is 30.3 Å². The number of non-ortho nitro benzene ring substituents is 1. The van der Waals surface area contributed by atoms with E-state index in [0.717, 1.165) is 22.2 Å². The zero-order valence-electron chi connectivity index (χ0n) is 21.8. The number of nitrogens with zero attached hydrogens (tertiary/aromatic N) is 2. The fraction of sp³-hybridized carbons (Fsp3) is 0.222. The third-order valence-electron chi connectivity index (χ3n) is 6.17. The van der Waals surface area contributed by atoms with Crippen LogP contribution in [0.15, 0.2) is 76.3 Å². The van der Waals surface area contributed by atoms with Crippen LogP contribution in [0.1, 0.15) is 24.2 Å². The molecule has 0 aliphatic carbocycles. The lowest BCUT2D eigenvalue weighted by Crippen LogP contribution is -2.70. The van der Waals surface area contributed by atoms with Crippen molar-refractivity contribution < 1.29 is 43.1 Å². The van der Waals surface area contributed by atoms with E-state index < -0.39 is 52.8 Å². The molecule has 13 nitrogen and oxygen atoms in total. The van der Waals surface area contributed by atoms with E-state index in [9.17, 15) is 34.1 Å². The maximum Gasteiger partial charge on any atom is 0.355 e. The Morgan fingerprint density at radius 1 is 1.12 bits per heavy atom. The van der Waals surface area contributed by atoms with Gasteiger partial charge in [-0.2, -0.15) is 0 Å². The van der Waals surface area contributed by atoms with Crippen molar-refractivity contribution >= 4 is 59.3 Å². The number of nitro groups is 1. The molecule has 0 saturated carbocycles. The van der Waals surface area contributed by atoms with Gasteiger partial charge >= 0.3 is 11.9 Å². The van der Waals surface area contributed by atoms with Crippen LogP contribution in [0.25, 0.3) is 0 Å². The predicted octanol–water partition coefficient (Wildman–Crippen LogP) is 2.85. The smallest absolute Gasteiger partial charge is 0.355 e. The van der Waals surface area contributed by atoms with Gasteiger partial charge in [0, 0.05) is 40.6 Å². The summed E-state index contributed by atoms with van der Waals surface area (Å²) in [6.07, 6.45) is -1.33. The fourth-order valence-electron chi connectivity index (χ4n) is 4.18. The van der Waals surface area contributed by atoms with Crippen molar-refractivity contribution in [2.45, 2.75) is 31.1 Å². The number of carbonyl (C=O) groups is 5. The van der Waals surface area contributed by atoms with Gasteiger partial charge in [0.05, 0.1) is 4.92 Å². The van der Waals surface area contributed by atoms with E-state index >= 15 is 0 Å². The maximum atomic E-state index is 13.4. The Balaban J connectivity index is 1.58. The van der Waals surface area contributed by atoms with Crippen molar-refractivity contribution in [2.24, 2.45) is 0 Å². The molecule has 2 aliphatic heterocycles. The summed E-state index contributed by atoms with van der Waals surface area (Å²) in [7, 11) is 0. The molecule has 0 spiro atoms. The third-order valence-corrected chi connectivity index (χ3v) is 7.86. The van der Waals surface area contributed by atoms with Crippen molar-refractivity contribution in [1.29, 1.82) is 0 Å². The second kappa shape index (κ2) is 13.3. The van der Waals surface area contributed by atoms with Gasteiger partial charge in [-0.15, -0.1) is 0 Å². The predicted molar refractivity (Wildman–Crippen MR) is 147 cm³/mol. The SMILES string of the molecule is CC(=O)OCC1=C(C(=O)OCc2ccc([N+](=O)[O-])cc2)N2C(=O)C(NC(=O)C(OC=O)c3ccccc3)C2S/C1=C\Cl. The number of nitro benzene ring substituents is 1. The maximum absolute atomic E-state index is 13.4. The van der Waals surface area contributed by atoms with Crippen LogP contribution in [0.4, 0.5) is 5.69 Å². The summed E-state index contributed by atoms with van der Waals surface area (Å²) in [6, 6.07) is 12.4. The first kappa shape index (κ1) is 30.3. The molecule has 0 aromatic heterocycles. The molecular formula is C27H22ClN3O10S. The fourth-order valence-corrected chi connectivity index (χ4v) is 5.71. The molecule has 2 heterocycles. The van der Waals surface area contributed by atoms with Gasteiger partial charge in [-0.1, -0.05) is 53.7 Å². The van der Waals surface area contributed by atoms with Crippen molar-refractivity contribution in [2.75, 3.05) is 6.61 Å². The van der Waals surface area contributed by atoms with Crippen molar-refractivity contribution in [3.8, 4) is 0 Å². The number of β-lactam (4-membered cyclic amide) rings is 1. The summed E-state index contributed by atoms with van der Waals surface area (Å²) < 4.78 is 15.5. The highest BCUT2D eigenvalue weighted by atomic mass is 35.5. The molecule has 1 fully saturated rings. The van der Waals surface area contributed by atoms with E-state index in [0.29, 0.717) is 11.1 Å². The van der Waals surface area contributed by atoms with Gasteiger partial charge in [-0.05, 0) is 17.7 Å². The van der Waals surface area contributed by atoms with Gasteiger partial charge in [-0.3, -0.25) is 34.2 Å². The minimum absolute atomic E-state index is 0.111. The van der Waals surface area contributed by atoms with Crippen LogP contribution in [-0.2, 0) is 44.8 Å². The lowest BCUT2D eigenvalue weighted by Gasteiger charge is -2.50. The summed E-state index contributed by atoms with van der Waals surface area (Å²) in [5.74, 6) is -3.04. The normalized spacial score (nSPS) is 19.2. The molecule has 42 heavy (non-hydrogen) atoms. The molecule has 3 unspecified atom stereocenters. The van der Waals surface area contributed by atoms with Crippen molar-refractivity contribution in [3.63, 3.8) is 0 Å². The number of halogens is 1. The first-order valence-corrected chi connectivity index (χ1v) is 13.5. The Morgan fingerprint density at radius 3 is 2.40 bits per heavy atom. The summed E-state index contributed by atoms with van der Waals surface area (Å²) in [4.78, 5) is 74.1. The second-order valence-electron chi connectivity index (χ2n) is 8.81. The Kier molecular flexibility index (Phi) is 9.60. The number of esters is 2.